The Labute approximate surface area is 457 Å². The van der Waals surface area contributed by atoms with Gasteiger partial charge in [0, 0.05) is 50.2 Å². The number of benzene rings is 4. The number of aromatic nitrogens is 2. The van der Waals surface area contributed by atoms with Crippen molar-refractivity contribution in [2.24, 2.45) is 23.7 Å². The zero-order valence-electron chi connectivity index (χ0n) is 44.6. The van der Waals surface area contributed by atoms with E-state index in [2.05, 4.69) is 120 Å². The monoisotopic (exact) mass is 1010 g/mol. The largest absolute Gasteiger partial charge is 1.00 e. The first-order valence-electron chi connectivity index (χ1n) is 26.0. The fourth-order valence-electron chi connectivity index (χ4n) is 13.0. The standard InChI is InChI=1S/C32H32N2O3.C31H30N2O4.Li.H2O/c1-18-9-24(37-25-14-32(4,15-25)33-5)10-19(2)29(18)22-8-6-7-21(11-22)17-36-28-13-23-12-26-30(20(3)35)31(26)27(23)16-34-28;1-17-8-22(37-23-13-31(3,14-23)32-4)9-18(2)27(17)20-7-5-6-19(10-20)16-36-26-12-21-11-24-28(25(21)15-33-26)29(24)30(34)35;;/h6-11,13,16,25-26,30-31H,12,14-15,17H2,1-4H3;5-10,12,15,23-24,28-29H,11,13-14,16H2,1-3H3,(H,34,35);;1H2/q;;+1;/p-1/t25?,26-,30-,31+,32?;23?,24-,28-,29+,31?;;/m01../s1. The van der Waals surface area contributed by atoms with Gasteiger partial charge in [0.1, 0.15) is 42.7 Å². The minimum atomic E-state index is -0.698. The Morgan fingerprint density at radius 2 is 1.03 bits per heavy atom. The average Bonchev–Trinajstić information content (AvgIpc) is 4.17. The molecule has 0 bridgehead atoms. The summed E-state index contributed by atoms with van der Waals surface area (Å²) in [6.45, 7) is 29.6. The summed E-state index contributed by atoms with van der Waals surface area (Å²) >= 11 is 0. The van der Waals surface area contributed by atoms with Gasteiger partial charge in [-0.3, -0.25) is 9.59 Å². The molecular formula is C63H63LiN4O8. The number of ether oxygens (including phenoxy) is 4. The van der Waals surface area contributed by atoms with E-state index in [1.807, 2.05) is 32.2 Å². The van der Waals surface area contributed by atoms with E-state index >= 15 is 0 Å². The number of carbonyl (C=O) groups is 2. The number of aryl methyl sites for hydroxylation is 4. The molecule has 6 aromatic rings. The average molecular weight is 1010 g/mol. The Bertz CT molecular complexity index is 3080. The molecule has 0 aliphatic heterocycles. The van der Waals surface area contributed by atoms with Crippen LogP contribution in [0.25, 0.3) is 31.9 Å². The number of Topliss-reactive ketones (excluding diaryl/α,β-unsaturated/α-hetero) is 1. The molecule has 6 aliphatic rings. The number of fused-ring (bicyclic) bond motifs is 6. The summed E-state index contributed by atoms with van der Waals surface area (Å²) in [4.78, 5) is 39.5. The first-order chi connectivity index (χ1) is 35.5. The van der Waals surface area contributed by atoms with Crippen LogP contribution in [0.1, 0.15) is 114 Å². The second-order valence-corrected chi connectivity index (χ2v) is 22.6. The number of aliphatic carboxylic acids is 1. The summed E-state index contributed by atoms with van der Waals surface area (Å²) in [5, 5.41) is 9.31. The van der Waals surface area contributed by atoms with E-state index in [1.165, 1.54) is 38.9 Å². The molecule has 13 heteroatoms. The molecule has 4 aromatic carbocycles. The van der Waals surface area contributed by atoms with Crippen LogP contribution in [0.15, 0.2) is 97.3 Å². The van der Waals surface area contributed by atoms with Gasteiger partial charge in [-0.2, -0.15) is 0 Å². The number of carboxylic acid groups (broad SMARTS) is 1. The fourth-order valence-corrected chi connectivity index (χ4v) is 13.0. The maximum Gasteiger partial charge on any atom is 1.00 e. The summed E-state index contributed by atoms with van der Waals surface area (Å²) < 4.78 is 24.5. The van der Waals surface area contributed by atoms with Crippen LogP contribution in [0.2, 0.25) is 0 Å². The first kappa shape index (κ1) is 53.9. The van der Waals surface area contributed by atoms with Crippen molar-refractivity contribution in [1.29, 1.82) is 0 Å². The van der Waals surface area contributed by atoms with Gasteiger partial charge in [-0.05, 0) is 180 Å². The van der Waals surface area contributed by atoms with Crippen molar-refractivity contribution in [3.63, 3.8) is 0 Å². The normalized spacial score (nSPS) is 26.2. The molecule has 0 unspecified atom stereocenters. The predicted octanol–water partition coefficient (Wildman–Crippen LogP) is 9.60. The van der Waals surface area contributed by atoms with Crippen LogP contribution < -0.4 is 37.8 Å². The SMILES string of the molecule is [C-]#[N+]C1(C)CC(Oc2cc(C)c(-c3cccc(COc4cc5c(cn4)[C@H]4[C@@H](C5)[C@@H]4C(=O)O)c3)c(C)c2)C1.[C-]#[N+]C1(C)CC(Oc2cc(C)c(-c3cccc(COc4cc5c(cn4)[C@H]4[C@@H](C5)[C@@H]4C(C)=O)c3)c(C)c2)C1.[Li+].[OH-]. The Morgan fingerprint density at radius 3 is 1.41 bits per heavy atom. The van der Waals surface area contributed by atoms with Crippen molar-refractivity contribution in [1.82, 2.24) is 9.97 Å². The van der Waals surface area contributed by atoms with Gasteiger partial charge in [0.05, 0.1) is 31.6 Å². The molecule has 2 aromatic heterocycles. The van der Waals surface area contributed by atoms with Crippen LogP contribution in [0.4, 0.5) is 0 Å². The summed E-state index contributed by atoms with van der Waals surface area (Å²) in [5.41, 5.74) is 15.7. The predicted molar refractivity (Wildman–Crippen MR) is 284 cm³/mol. The van der Waals surface area contributed by atoms with Gasteiger partial charge in [0.15, 0.2) is 0 Å². The van der Waals surface area contributed by atoms with Crippen LogP contribution in [0.5, 0.6) is 23.3 Å². The van der Waals surface area contributed by atoms with E-state index in [9.17, 15) is 14.7 Å². The molecule has 6 atom stereocenters. The molecular weight excluding hydrogens is 948 g/mol. The number of nitrogens with zero attached hydrogens (tertiary/aromatic N) is 4. The molecule has 12 nitrogen and oxygen atoms in total. The minimum Gasteiger partial charge on any atom is -0.870 e. The molecule has 4 fully saturated rings. The minimum absolute atomic E-state index is 0. The Kier molecular flexibility index (Phi) is 14.8. The molecule has 4 saturated carbocycles. The number of ketones is 1. The quantitative estimate of drug-likeness (QED) is 0.0824. The summed E-state index contributed by atoms with van der Waals surface area (Å²) in [7, 11) is 0. The van der Waals surface area contributed by atoms with Crippen LogP contribution in [-0.4, -0.2) is 55.6 Å². The summed E-state index contributed by atoms with van der Waals surface area (Å²) in [6.07, 6.45) is 8.84. The molecule has 76 heavy (non-hydrogen) atoms. The molecule has 0 amide bonds. The molecule has 0 spiro atoms. The number of rotatable bonds is 14. The smallest absolute Gasteiger partial charge is 0.870 e. The van der Waals surface area contributed by atoms with Crippen molar-refractivity contribution >= 4 is 11.8 Å². The molecule has 0 saturated heterocycles. The number of carbonyl (C=O) groups excluding carboxylic acids is 1. The Balaban J connectivity index is 0.000000181. The number of pyridine rings is 2. The summed E-state index contributed by atoms with van der Waals surface area (Å²) in [6, 6.07) is 29.3. The topological polar surface area (TPSA) is 156 Å². The molecule has 384 valence electrons. The number of carboxylic acids is 1. The van der Waals surface area contributed by atoms with E-state index in [-0.39, 0.29) is 71.3 Å². The van der Waals surface area contributed by atoms with Crippen molar-refractivity contribution in [3.8, 4) is 45.5 Å². The second kappa shape index (κ2) is 20.9. The van der Waals surface area contributed by atoms with E-state index in [1.54, 1.807) is 13.1 Å². The van der Waals surface area contributed by atoms with E-state index < -0.39 is 5.97 Å². The second-order valence-electron chi connectivity index (χ2n) is 22.6. The van der Waals surface area contributed by atoms with Crippen molar-refractivity contribution in [2.45, 2.75) is 135 Å². The van der Waals surface area contributed by atoms with Crippen LogP contribution in [0, 0.1) is 64.5 Å². The van der Waals surface area contributed by atoms with Crippen LogP contribution in [-0.2, 0) is 35.6 Å². The van der Waals surface area contributed by atoms with E-state index in [4.69, 9.17) is 32.1 Å². The molecule has 2 heterocycles. The van der Waals surface area contributed by atoms with Gasteiger partial charge in [-0.25, -0.2) is 23.1 Å². The zero-order chi connectivity index (χ0) is 51.8. The van der Waals surface area contributed by atoms with Gasteiger partial charge < -0.3 is 39.2 Å². The summed E-state index contributed by atoms with van der Waals surface area (Å²) in [5.74, 6) is 3.73. The molecule has 2 N–H and O–H groups in total. The third-order valence-corrected chi connectivity index (χ3v) is 16.8. The Morgan fingerprint density at radius 1 is 0.632 bits per heavy atom. The third-order valence-electron chi connectivity index (χ3n) is 16.8. The Hall–Kier alpha value is -6.94. The zero-order valence-corrected chi connectivity index (χ0v) is 44.6. The van der Waals surface area contributed by atoms with Gasteiger partial charge in [-0.1, -0.05) is 36.4 Å². The third kappa shape index (κ3) is 10.5. The van der Waals surface area contributed by atoms with Crippen LogP contribution >= 0.6 is 0 Å². The van der Waals surface area contributed by atoms with Crippen molar-refractivity contribution in [2.75, 3.05) is 0 Å². The van der Waals surface area contributed by atoms with Crippen LogP contribution in [0.3, 0.4) is 0 Å². The van der Waals surface area contributed by atoms with Gasteiger partial charge in [-0.15, -0.1) is 0 Å². The van der Waals surface area contributed by atoms with E-state index in [0.29, 0.717) is 42.6 Å². The number of hydrogen-bond acceptors (Lipinski definition) is 9. The number of hydrogen-bond donors (Lipinski definition) is 1. The first-order valence-corrected chi connectivity index (χ1v) is 26.0. The van der Waals surface area contributed by atoms with Crippen molar-refractivity contribution in [3.05, 3.63) is 176 Å². The van der Waals surface area contributed by atoms with Crippen molar-refractivity contribution < 1.29 is 58.0 Å². The fraction of sp³-hybridized carbons (Fsp3) is 0.397. The van der Waals surface area contributed by atoms with Gasteiger partial charge >= 0.3 is 24.8 Å². The van der Waals surface area contributed by atoms with Gasteiger partial charge in [0.25, 0.3) is 0 Å². The molecule has 6 aliphatic carbocycles. The van der Waals surface area contributed by atoms with Gasteiger partial charge in [0.2, 0.25) is 22.8 Å². The maximum absolute atomic E-state index is 11.8. The maximum atomic E-state index is 11.8. The van der Waals surface area contributed by atoms with E-state index in [0.717, 1.165) is 89.0 Å². The molecule has 0 radical (unpaired) electrons. The molecule has 12 rings (SSSR count).